The lowest BCUT2D eigenvalue weighted by Gasteiger charge is -2.10. The van der Waals surface area contributed by atoms with E-state index in [-0.39, 0.29) is 18.3 Å². The molecule has 0 bridgehead atoms. The first-order valence-corrected chi connectivity index (χ1v) is 4.89. The van der Waals surface area contributed by atoms with Crippen LogP contribution in [-0.4, -0.2) is 25.5 Å². The number of nitrogens with one attached hydrogen (secondary N) is 1. The Labute approximate surface area is 100 Å². The molecule has 0 saturated heterocycles. The van der Waals surface area contributed by atoms with Gasteiger partial charge in [0.1, 0.15) is 12.4 Å². The first-order valence-electron chi connectivity index (χ1n) is 4.89. The van der Waals surface area contributed by atoms with Crippen LogP contribution in [0.3, 0.4) is 0 Å². The molecule has 0 atom stereocenters. The van der Waals surface area contributed by atoms with Crippen molar-refractivity contribution in [1.82, 2.24) is 0 Å². The molecule has 0 aliphatic heterocycles. The molecule has 0 aliphatic carbocycles. The molecular formula is C10H11F4N3O. The topological polar surface area (TPSA) is 59.6 Å². The summed E-state index contributed by atoms with van der Waals surface area (Å²) < 4.78 is 51.1. The third-order valence-electron chi connectivity index (χ3n) is 1.73. The molecular weight excluding hydrogens is 254 g/mol. The highest BCUT2D eigenvalue weighted by molar-refractivity contribution is 5.92. The molecule has 0 radical (unpaired) electrons. The number of ether oxygens (including phenoxy) is 1. The quantitative estimate of drug-likeness (QED) is 0.499. The molecule has 1 aromatic carbocycles. The van der Waals surface area contributed by atoms with E-state index in [0.29, 0.717) is 5.69 Å². The summed E-state index contributed by atoms with van der Waals surface area (Å²) in [5, 5.41) is 2.59. The van der Waals surface area contributed by atoms with Gasteiger partial charge in [-0.3, -0.25) is 4.99 Å². The summed E-state index contributed by atoms with van der Waals surface area (Å²) in [5.74, 6) is -0.357. The van der Waals surface area contributed by atoms with Crippen molar-refractivity contribution in [2.45, 2.75) is 6.36 Å². The molecule has 1 rings (SSSR count). The number of nitrogens with zero attached hydrogens (tertiary/aromatic N) is 1. The van der Waals surface area contributed by atoms with Gasteiger partial charge in [0.05, 0.1) is 6.54 Å². The lowest BCUT2D eigenvalue weighted by atomic mass is 10.3. The summed E-state index contributed by atoms with van der Waals surface area (Å²) in [7, 11) is 0. The van der Waals surface area contributed by atoms with E-state index in [9.17, 15) is 17.6 Å². The van der Waals surface area contributed by atoms with E-state index in [1.165, 1.54) is 12.1 Å². The third-order valence-corrected chi connectivity index (χ3v) is 1.73. The summed E-state index contributed by atoms with van der Waals surface area (Å²) >= 11 is 0. The molecule has 0 unspecified atom stereocenters. The van der Waals surface area contributed by atoms with Crippen LogP contribution >= 0.6 is 0 Å². The molecule has 18 heavy (non-hydrogen) atoms. The maximum Gasteiger partial charge on any atom is 0.573 e. The van der Waals surface area contributed by atoms with E-state index in [1.54, 1.807) is 0 Å². The third kappa shape index (κ3) is 5.37. The van der Waals surface area contributed by atoms with Crippen LogP contribution in [0.4, 0.5) is 23.2 Å². The van der Waals surface area contributed by atoms with Crippen LogP contribution < -0.4 is 15.8 Å². The van der Waals surface area contributed by atoms with Crippen molar-refractivity contribution in [2.75, 3.05) is 18.5 Å². The van der Waals surface area contributed by atoms with E-state index in [4.69, 9.17) is 5.73 Å². The van der Waals surface area contributed by atoms with Crippen LogP contribution in [0.2, 0.25) is 0 Å². The summed E-state index contributed by atoms with van der Waals surface area (Å²) in [4.78, 5) is 3.62. The van der Waals surface area contributed by atoms with Gasteiger partial charge >= 0.3 is 6.36 Å². The Balaban J connectivity index is 2.60. The number of rotatable bonds is 4. The number of aliphatic imine (C=N–C) groups is 1. The average Bonchev–Trinajstić information content (AvgIpc) is 2.27. The van der Waals surface area contributed by atoms with Gasteiger partial charge in [-0.1, -0.05) is 0 Å². The molecule has 3 N–H and O–H groups in total. The van der Waals surface area contributed by atoms with Gasteiger partial charge in [0.15, 0.2) is 5.96 Å². The van der Waals surface area contributed by atoms with Crippen molar-refractivity contribution >= 4 is 11.6 Å². The molecule has 0 fully saturated rings. The Morgan fingerprint density at radius 3 is 2.39 bits per heavy atom. The second-order valence-corrected chi connectivity index (χ2v) is 3.15. The fourth-order valence-electron chi connectivity index (χ4n) is 1.09. The smallest absolute Gasteiger partial charge is 0.406 e. The number of hydrogen-bond acceptors (Lipinski definition) is 2. The highest BCUT2D eigenvalue weighted by atomic mass is 19.4. The fourth-order valence-corrected chi connectivity index (χ4v) is 1.09. The lowest BCUT2D eigenvalue weighted by molar-refractivity contribution is -0.274. The minimum atomic E-state index is -4.73. The molecule has 1 aromatic rings. The Kier molecular flexibility index (Phi) is 4.75. The number of benzene rings is 1. The summed E-state index contributed by atoms with van der Waals surface area (Å²) in [6.07, 6.45) is -4.73. The monoisotopic (exact) mass is 265 g/mol. The Bertz CT molecular complexity index is 403. The van der Waals surface area contributed by atoms with Crippen LogP contribution in [0.25, 0.3) is 0 Å². The minimum Gasteiger partial charge on any atom is -0.406 e. The number of halogens is 4. The summed E-state index contributed by atoms with van der Waals surface area (Å²) in [6, 6.07) is 4.91. The van der Waals surface area contributed by atoms with Crippen molar-refractivity contribution in [3.63, 3.8) is 0 Å². The fraction of sp³-hybridized carbons (Fsp3) is 0.300. The molecule has 0 amide bonds. The number of anilines is 1. The normalized spacial score (nSPS) is 12.3. The van der Waals surface area contributed by atoms with Gasteiger partial charge in [0.25, 0.3) is 0 Å². The lowest BCUT2D eigenvalue weighted by Crippen LogP contribution is -2.23. The van der Waals surface area contributed by atoms with E-state index in [0.717, 1.165) is 12.1 Å². The summed E-state index contributed by atoms with van der Waals surface area (Å²) in [6.45, 7) is -0.713. The molecule has 100 valence electrons. The number of alkyl halides is 4. The van der Waals surface area contributed by atoms with Crippen LogP contribution in [0, 0.1) is 0 Å². The molecule has 0 spiro atoms. The first-order chi connectivity index (χ1) is 8.40. The molecule has 0 aromatic heterocycles. The van der Waals surface area contributed by atoms with Gasteiger partial charge in [-0.2, -0.15) is 0 Å². The van der Waals surface area contributed by atoms with Gasteiger partial charge in [0, 0.05) is 5.69 Å². The predicted molar refractivity (Wildman–Crippen MR) is 59.2 cm³/mol. The van der Waals surface area contributed by atoms with Crippen LogP contribution in [0.15, 0.2) is 29.3 Å². The maximum absolute atomic E-state index is 11.9. The number of nitrogens with two attached hydrogens (primary N) is 1. The molecule has 0 saturated carbocycles. The zero-order valence-corrected chi connectivity index (χ0v) is 9.17. The van der Waals surface area contributed by atoms with Crippen molar-refractivity contribution in [1.29, 1.82) is 0 Å². The molecule has 4 nitrogen and oxygen atoms in total. The minimum absolute atomic E-state index is 0.0165. The van der Waals surface area contributed by atoms with Crippen molar-refractivity contribution in [2.24, 2.45) is 10.7 Å². The summed E-state index contributed by atoms with van der Waals surface area (Å²) in [5.41, 5.74) is 5.81. The zero-order chi connectivity index (χ0) is 13.6. The van der Waals surface area contributed by atoms with Crippen molar-refractivity contribution < 1.29 is 22.3 Å². The standard InChI is InChI=1S/C10H11F4N3O/c11-5-6-16-9(15)17-7-1-3-8(4-2-7)18-10(12,13)14/h1-4H,5-6H2,(H3,15,16,17). The van der Waals surface area contributed by atoms with E-state index in [1.807, 2.05) is 0 Å². The molecule has 0 aliphatic rings. The van der Waals surface area contributed by atoms with Crippen molar-refractivity contribution in [3.8, 4) is 5.75 Å². The second-order valence-electron chi connectivity index (χ2n) is 3.15. The van der Waals surface area contributed by atoms with Gasteiger partial charge in [-0.15, -0.1) is 13.2 Å². The maximum atomic E-state index is 11.9. The Hall–Kier alpha value is -1.99. The average molecular weight is 265 g/mol. The zero-order valence-electron chi connectivity index (χ0n) is 9.17. The van der Waals surface area contributed by atoms with Crippen molar-refractivity contribution in [3.05, 3.63) is 24.3 Å². The van der Waals surface area contributed by atoms with Crippen LogP contribution in [0.5, 0.6) is 5.75 Å². The number of hydrogen-bond donors (Lipinski definition) is 2. The predicted octanol–water partition coefficient (Wildman–Crippen LogP) is 2.28. The SMILES string of the molecule is NC(=NCCF)Nc1ccc(OC(F)(F)F)cc1. The Morgan fingerprint density at radius 1 is 1.28 bits per heavy atom. The van der Waals surface area contributed by atoms with Crippen LogP contribution in [-0.2, 0) is 0 Å². The van der Waals surface area contributed by atoms with Gasteiger partial charge in [0.2, 0.25) is 0 Å². The van der Waals surface area contributed by atoms with Crippen LogP contribution in [0.1, 0.15) is 0 Å². The Morgan fingerprint density at radius 2 is 1.89 bits per heavy atom. The van der Waals surface area contributed by atoms with E-state index in [2.05, 4.69) is 15.0 Å². The van der Waals surface area contributed by atoms with E-state index >= 15 is 0 Å². The largest absolute Gasteiger partial charge is 0.573 e. The first kappa shape index (κ1) is 14.1. The van der Waals surface area contributed by atoms with E-state index < -0.39 is 13.0 Å². The number of guanidine groups is 1. The molecule has 8 heteroatoms. The highest BCUT2D eigenvalue weighted by Gasteiger charge is 2.30. The second kappa shape index (κ2) is 6.08. The van der Waals surface area contributed by atoms with Gasteiger partial charge in [-0.05, 0) is 24.3 Å². The highest BCUT2D eigenvalue weighted by Crippen LogP contribution is 2.23. The van der Waals surface area contributed by atoms with Gasteiger partial charge < -0.3 is 15.8 Å². The van der Waals surface area contributed by atoms with Gasteiger partial charge in [-0.25, -0.2) is 4.39 Å². The molecule has 0 heterocycles.